The van der Waals surface area contributed by atoms with Crippen molar-refractivity contribution in [1.82, 2.24) is 10.2 Å². The van der Waals surface area contributed by atoms with Crippen molar-refractivity contribution in [3.8, 4) is 5.75 Å². The second-order valence-electron chi connectivity index (χ2n) is 7.14. The van der Waals surface area contributed by atoms with E-state index in [0.29, 0.717) is 11.3 Å². The first-order valence-corrected chi connectivity index (χ1v) is 9.13. The number of Topliss-reactive ketones (excluding diaryl/α,β-unsaturated/α-hetero) is 1. The Morgan fingerprint density at radius 2 is 1.97 bits per heavy atom. The molecule has 1 heterocycles. The number of ketones is 1. The van der Waals surface area contributed by atoms with E-state index in [4.69, 9.17) is 4.74 Å². The maximum absolute atomic E-state index is 14.2. The Kier molecular flexibility index (Phi) is 5.84. The minimum Gasteiger partial charge on any atom is -0.491 e. The van der Waals surface area contributed by atoms with Gasteiger partial charge in [-0.05, 0) is 44.2 Å². The molecule has 1 fully saturated rings. The van der Waals surface area contributed by atoms with Crippen molar-refractivity contribution in [2.45, 2.75) is 25.5 Å². The standard InChI is InChI=1S/C21H20F2N2O5/c1-12(26)13-4-3-5-16(8-13)30-11-15(27)10-25-19(28)21(2,24-20(25)29)17-9-14(22)6-7-18(17)23/h3-9,15,27H,10-11H2,1-2H3,(H,24,29)/t15-,21+/m0/s1. The summed E-state index contributed by atoms with van der Waals surface area (Å²) < 4.78 is 33.2. The number of hydrogen-bond acceptors (Lipinski definition) is 5. The van der Waals surface area contributed by atoms with Crippen molar-refractivity contribution in [3.05, 3.63) is 65.2 Å². The van der Waals surface area contributed by atoms with Gasteiger partial charge in [0.1, 0.15) is 35.6 Å². The highest BCUT2D eigenvalue weighted by Gasteiger charge is 2.50. The maximum atomic E-state index is 14.2. The van der Waals surface area contributed by atoms with Gasteiger partial charge in [0.25, 0.3) is 5.91 Å². The molecule has 158 valence electrons. The highest BCUT2D eigenvalue weighted by Crippen LogP contribution is 2.31. The molecular formula is C21H20F2N2O5. The summed E-state index contributed by atoms with van der Waals surface area (Å²) in [7, 11) is 0. The maximum Gasteiger partial charge on any atom is 0.325 e. The number of urea groups is 1. The van der Waals surface area contributed by atoms with E-state index in [1.54, 1.807) is 18.2 Å². The number of ether oxygens (including phenoxy) is 1. The number of carbonyl (C=O) groups is 3. The van der Waals surface area contributed by atoms with Crippen molar-refractivity contribution >= 4 is 17.7 Å². The lowest BCUT2D eigenvalue weighted by Crippen LogP contribution is -2.43. The van der Waals surface area contributed by atoms with Gasteiger partial charge in [-0.1, -0.05) is 12.1 Å². The predicted molar refractivity (Wildman–Crippen MR) is 102 cm³/mol. The summed E-state index contributed by atoms with van der Waals surface area (Å²) in [6.07, 6.45) is -1.25. The first kappa shape index (κ1) is 21.4. The summed E-state index contributed by atoms with van der Waals surface area (Å²) in [5.41, 5.74) is -1.68. The molecule has 2 aromatic rings. The van der Waals surface area contributed by atoms with Gasteiger partial charge in [-0.25, -0.2) is 13.6 Å². The zero-order valence-corrected chi connectivity index (χ0v) is 16.3. The monoisotopic (exact) mass is 418 g/mol. The largest absolute Gasteiger partial charge is 0.491 e. The van der Waals surface area contributed by atoms with Crippen LogP contribution in [0.5, 0.6) is 5.75 Å². The zero-order valence-electron chi connectivity index (χ0n) is 16.3. The van der Waals surface area contributed by atoms with Crippen LogP contribution < -0.4 is 10.1 Å². The van der Waals surface area contributed by atoms with Gasteiger partial charge in [0.15, 0.2) is 5.78 Å². The summed E-state index contributed by atoms with van der Waals surface area (Å²) in [4.78, 5) is 37.2. The number of nitrogens with zero attached hydrogens (tertiary/aromatic N) is 1. The quantitative estimate of drug-likeness (QED) is 0.532. The summed E-state index contributed by atoms with van der Waals surface area (Å²) >= 11 is 0. The van der Waals surface area contributed by atoms with Gasteiger partial charge in [-0.3, -0.25) is 14.5 Å². The van der Waals surface area contributed by atoms with E-state index in [9.17, 15) is 28.3 Å². The molecule has 3 amide bonds. The molecule has 1 aliphatic rings. The Bertz CT molecular complexity index is 1010. The lowest BCUT2D eigenvalue weighted by Gasteiger charge is -2.23. The summed E-state index contributed by atoms with van der Waals surface area (Å²) in [6.45, 7) is 2.00. The number of nitrogens with one attached hydrogen (secondary N) is 1. The Morgan fingerprint density at radius 3 is 2.67 bits per heavy atom. The number of rotatable bonds is 7. The highest BCUT2D eigenvalue weighted by molar-refractivity contribution is 6.07. The highest BCUT2D eigenvalue weighted by atomic mass is 19.1. The predicted octanol–water partition coefficient (Wildman–Crippen LogP) is 2.37. The van der Waals surface area contributed by atoms with Crippen LogP contribution in [-0.4, -0.2) is 47.0 Å². The lowest BCUT2D eigenvalue weighted by atomic mass is 9.91. The molecule has 3 rings (SSSR count). The van der Waals surface area contributed by atoms with Crippen LogP contribution in [-0.2, 0) is 10.3 Å². The number of aliphatic hydroxyl groups excluding tert-OH is 1. The fourth-order valence-electron chi connectivity index (χ4n) is 3.19. The van der Waals surface area contributed by atoms with Crippen LogP contribution in [0, 0.1) is 11.6 Å². The third-order valence-corrected chi connectivity index (χ3v) is 4.82. The molecule has 1 saturated heterocycles. The van der Waals surface area contributed by atoms with Gasteiger partial charge in [0.2, 0.25) is 0 Å². The Labute approximate surface area is 171 Å². The van der Waals surface area contributed by atoms with Crippen LogP contribution >= 0.6 is 0 Å². The van der Waals surface area contributed by atoms with E-state index < -0.39 is 41.8 Å². The number of carbonyl (C=O) groups excluding carboxylic acids is 3. The third-order valence-electron chi connectivity index (χ3n) is 4.82. The van der Waals surface area contributed by atoms with Crippen LogP contribution in [0.15, 0.2) is 42.5 Å². The number of imide groups is 1. The lowest BCUT2D eigenvalue weighted by molar-refractivity contribution is -0.132. The van der Waals surface area contributed by atoms with Crippen LogP contribution in [0.1, 0.15) is 29.8 Å². The molecule has 9 heteroatoms. The first-order valence-electron chi connectivity index (χ1n) is 9.13. The van der Waals surface area contributed by atoms with Gasteiger partial charge in [-0.2, -0.15) is 0 Å². The zero-order chi connectivity index (χ0) is 22.1. The van der Waals surface area contributed by atoms with Crippen molar-refractivity contribution in [3.63, 3.8) is 0 Å². The molecule has 1 aliphatic heterocycles. The summed E-state index contributed by atoms with van der Waals surface area (Å²) in [5.74, 6) is -2.23. The second kappa shape index (κ2) is 8.19. The average Bonchev–Trinajstić information content (AvgIpc) is 2.92. The molecule has 2 N–H and O–H groups in total. The minimum atomic E-state index is -1.81. The molecule has 0 unspecified atom stereocenters. The molecule has 0 radical (unpaired) electrons. The molecule has 0 aromatic heterocycles. The van der Waals surface area contributed by atoms with Crippen LogP contribution in [0.2, 0.25) is 0 Å². The molecule has 7 nitrogen and oxygen atoms in total. The Hall–Kier alpha value is -3.33. The third kappa shape index (κ3) is 4.16. The van der Waals surface area contributed by atoms with Crippen LogP contribution in [0.3, 0.4) is 0 Å². The number of amides is 3. The van der Waals surface area contributed by atoms with E-state index in [-0.39, 0.29) is 18.0 Å². The van der Waals surface area contributed by atoms with E-state index in [1.165, 1.54) is 19.9 Å². The van der Waals surface area contributed by atoms with Crippen molar-refractivity contribution in [2.75, 3.05) is 13.2 Å². The normalized spacial score (nSPS) is 19.6. The summed E-state index contributed by atoms with van der Waals surface area (Å²) in [6, 6.07) is 8.12. The van der Waals surface area contributed by atoms with Crippen molar-refractivity contribution in [1.29, 1.82) is 0 Å². The fourth-order valence-corrected chi connectivity index (χ4v) is 3.19. The first-order chi connectivity index (χ1) is 14.1. The number of β-amino-alcohol motifs (C(OH)–C–C–N with tert-alkyl or cyclic N) is 1. The number of benzene rings is 2. The summed E-state index contributed by atoms with van der Waals surface area (Å²) in [5, 5.41) is 12.6. The van der Waals surface area contributed by atoms with Crippen LogP contribution in [0.25, 0.3) is 0 Å². The molecule has 0 spiro atoms. The smallest absolute Gasteiger partial charge is 0.325 e. The molecule has 2 atom stereocenters. The van der Waals surface area contributed by atoms with Gasteiger partial charge < -0.3 is 15.2 Å². The number of hydrogen-bond donors (Lipinski definition) is 2. The van der Waals surface area contributed by atoms with E-state index in [1.807, 2.05) is 0 Å². The average molecular weight is 418 g/mol. The topological polar surface area (TPSA) is 95.9 Å². The molecule has 30 heavy (non-hydrogen) atoms. The molecular weight excluding hydrogens is 398 g/mol. The molecule has 0 aliphatic carbocycles. The SMILES string of the molecule is CC(=O)c1cccc(OC[C@@H](O)CN2C(=O)N[C@](C)(c3cc(F)ccc3F)C2=O)c1. The van der Waals surface area contributed by atoms with Gasteiger partial charge in [0.05, 0.1) is 6.54 Å². The minimum absolute atomic E-state index is 0.149. The van der Waals surface area contributed by atoms with Gasteiger partial charge >= 0.3 is 6.03 Å². The van der Waals surface area contributed by atoms with Crippen LogP contribution in [0.4, 0.5) is 13.6 Å². The Balaban J connectivity index is 1.69. The molecule has 0 bridgehead atoms. The Morgan fingerprint density at radius 1 is 1.23 bits per heavy atom. The second-order valence-corrected chi connectivity index (χ2v) is 7.14. The number of aliphatic hydroxyl groups is 1. The van der Waals surface area contributed by atoms with Gasteiger partial charge in [-0.15, -0.1) is 0 Å². The van der Waals surface area contributed by atoms with E-state index >= 15 is 0 Å². The van der Waals surface area contributed by atoms with E-state index in [0.717, 1.165) is 23.1 Å². The van der Waals surface area contributed by atoms with Crippen molar-refractivity contribution in [2.24, 2.45) is 0 Å². The van der Waals surface area contributed by atoms with E-state index in [2.05, 4.69) is 5.32 Å². The molecule has 2 aromatic carbocycles. The molecule has 0 saturated carbocycles. The number of halogens is 2. The fraction of sp³-hybridized carbons (Fsp3) is 0.286. The van der Waals surface area contributed by atoms with Crippen molar-refractivity contribution < 1.29 is 33.0 Å². The van der Waals surface area contributed by atoms with Gasteiger partial charge in [0, 0.05) is 11.1 Å².